The van der Waals surface area contributed by atoms with Gasteiger partial charge in [0.15, 0.2) is 23.7 Å². The number of fused-ring (bicyclic) bond motifs is 2. The van der Waals surface area contributed by atoms with Crippen molar-refractivity contribution in [2.75, 3.05) is 33.5 Å². The van der Waals surface area contributed by atoms with E-state index in [4.69, 9.17) is 33.6 Å². The highest BCUT2D eigenvalue weighted by molar-refractivity contribution is 5.75. The number of allylic oxidation sites excluding steroid dienone is 1. The first-order valence-electron chi connectivity index (χ1n) is 15.2. The molecule has 0 aromatic heterocycles. The van der Waals surface area contributed by atoms with Crippen molar-refractivity contribution in [3.05, 3.63) is 71.0 Å². The van der Waals surface area contributed by atoms with Crippen molar-refractivity contribution in [2.24, 2.45) is 0 Å². The van der Waals surface area contributed by atoms with Crippen LogP contribution in [0, 0.1) is 11.8 Å². The number of aliphatic hydroxyl groups is 1. The maximum absolute atomic E-state index is 13.2. The fraction of sp³-hybridized carbons (Fsp3) is 0.486. The molecule has 0 aliphatic carbocycles. The van der Waals surface area contributed by atoms with Gasteiger partial charge in [-0.05, 0) is 68.1 Å². The molecule has 2 aliphatic rings. The van der Waals surface area contributed by atoms with Gasteiger partial charge in [0.05, 0.1) is 13.7 Å². The van der Waals surface area contributed by atoms with Crippen molar-refractivity contribution < 1.29 is 43.5 Å². The molecule has 4 atom stereocenters. The number of rotatable bonds is 11. The normalized spacial score (nSPS) is 17.6. The second kappa shape index (κ2) is 18.1. The lowest BCUT2D eigenvalue weighted by Gasteiger charge is -2.32. The molecule has 0 spiro atoms. The molecule has 244 valence electrons. The molecule has 3 unspecified atom stereocenters. The molecule has 4 rings (SSSR count). The maximum atomic E-state index is 13.2. The van der Waals surface area contributed by atoms with Crippen LogP contribution in [0.1, 0.15) is 63.1 Å². The van der Waals surface area contributed by atoms with Gasteiger partial charge in [-0.25, -0.2) is 4.79 Å². The van der Waals surface area contributed by atoms with Gasteiger partial charge in [0, 0.05) is 32.4 Å². The summed E-state index contributed by atoms with van der Waals surface area (Å²) in [7, 11) is 1.57. The van der Waals surface area contributed by atoms with Crippen LogP contribution in [0.2, 0.25) is 0 Å². The average molecular weight is 624 g/mol. The van der Waals surface area contributed by atoms with Crippen molar-refractivity contribution >= 4 is 11.9 Å². The number of aliphatic carboxylic acids is 1. The molecule has 2 aromatic carbocycles. The molecular weight excluding hydrogens is 578 g/mol. The maximum Gasteiger partial charge on any atom is 0.336 e. The highest BCUT2D eigenvalue weighted by Crippen LogP contribution is 2.41. The molecule has 0 saturated heterocycles. The van der Waals surface area contributed by atoms with Crippen LogP contribution in [0.15, 0.2) is 54.3 Å². The SMILES string of the molecule is C/C=C(/OC)C(OC(=O)[C@@H](O)CC#CC(C)OCc1ccccc1)C1CN(CCC)CCc2cc3c(cc21)OCO3.CC(=O)O. The summed E-state index contributed by atoms with van der Waals surface area (Å²) in [5, 5.41) is 18.1. The van der Waals surface area contributed by atoms with Crippen LogP contribution in [0.5, 0.6) is 11.5 Å². The first-order chi connectivity index (χ1) is 21.7. The highest BCUT2D eigenvalue weighted by Gasteiger charge is 2.37. The third-order valence-corrected chi connectivity index (χ3v) is 7.35. The number of esters is 1. The van der Waals surface area contributed by atoms with Crippen molar-refractivity contribution in [1.29, 1.82) is 0 Å². The molecule has 2 heterocycles. The number of carboxylic acid groups (broad SMARTS) is 1. The molecule has 0 amide bonds. The Bertz CT molecular complexity index is 1340. The van der Waals surface area contributed by atoms with E-state index >= 15 is 0 Å². The Morgan fingerprint density at radius 3 is 2.51 bits per heavy atom. The molecule has 0 radical (unpaired) electrons. The van der Waals surface area contributed by atoms with Gasteiger partial charge in [0.2, 0.25) is 6.79 Å². The first kappa shape index (κ1) is 35.4. The lowest BCUT2D eigenvalue weighted by molar-refractivity contribution is -0.160. The van der Waals surface area contributed by atoms with Crippen LogP contribution >= 0.6 is 0 Å². The van der Waals surface area contributed by atoms with Gasteiger partial charge in [-0.3, -0.25) is 4.79 Å². The summed E-state index contributed by atoms with van der Waals surface area (Å²) in [5.74, 6) is 5.95. The summed E-state index contributed by atoms with van der Waals surface area (Å²) >= 11 is 0. The number of methoxy groups -OCH3 is 1. The van der Waals surface area contributed by atoms with E-state index in [1.807, 2.05) is 56.3 Å². The number of hydrogen-bond donors (Lipinski definition) is 2. The van der Waals surface area contributed by atoms with Gasteiger partial charge >= 0.3 is 5.97 Å². The van der Waals surface area contributed by atoms with E-state index < -0.39 is 24.1 Å². The van der Waals surface area contributed by atoms with Crippen molar-refractivity contribution in [3.8, 4) is 23.3 Å². The van der Waals surface area contributed by atoms with Gasteiger partial charge in [-0.2, -0.15) is 0 Å². The van der Waals surface area contributed by atoms with Gasteiger partial charge in [0.1, 0.15) is 11.9 Å². The lowest BCUT2D eigenvalue weighted by Crippen LogP contribution is -2.38. The summed E-state index contributed by atoms with van der Waals surface area (Å²) in [5.41, 5.74) is 3.21. The fourth-order valence-electron chi connectivity index (χ4n) is 5.25. The molecule has 10 nitrogen and oxygen atoms in total. The topological polar surface area (TPSA) is 124 Å². The number of hydrogen-bond acceptors (Lipinski definition) is 9. The van der Waals surface area contributed by atoms with Crippen LogP contribution in [0.4, 0.5) is 0 Å². The Kier molecular flexibility index (Phi) is 14.2. The van der Waals surface area contributed by atoms with Crippen LogP contribution in [0.3, 0.4) is 0 Å². The number of aliphatic hydroxyl groups excluding tert-OH is 1. The minimum Gasteiger partial charge on any atom is -0.497 e. The predicted molar refractivity (Wildman–Crippen MR) is 169 cm³/mol. The number of carbonyl (C=O) groups excluding carboxylic acids is 1. The summed E-state index contributed by atoms with van der Waals surface area (Å²) in [6.45, 7) is 9.99. The summed E-state index contributed by atoms with van der Waals surface area (Å²) < 4.78 is 28.8. The summed E-state index contributed by atoms with van der Waals surface area (Å²) in [4.78, 5) is 24.6. The quantitative estimate of drug-likeness (QED) is 0.207. The van der Waals surface area contributed by atoms with Crippen LogP contribution in [-0.2, 0) is 36.8 Å². The third kappa shape index (κ3) is 10.8. The summed E-state index contributed by atoms with van der Waals surface area (Å²) in [6.07, 6.45) is 1.07. The Balaban J connectivity index is 0.00000130. The van der Waals surface area contributed by atoms with E-state index in [-0.39, 0.29) is 25.2 Å². The monoisotopic (exact) mass is 623 g/mol. The van der Waals surface area contributed by atoms with Gasteiger partial charge in [-0.15, -0.1) is 0 Å². The van der Waals surface area contributed by atoms with Crippen LogP contribution < -0.4 is 9.47 Å². The molecule has 45 heavy (non-hydrogen) atoms. The number of carboxylic acids is 1. The average Bonchev–Trinajstić information content (AvgIpc) is 3.41. The van der Waals surface area contributed by atoms with Crippen molar-refractivity contribution in [3.63, 3.8) is 0 Å². The van der Waals surface area contributed by atoms with Gasteiger partial charge in [0.25, 0.3) is 5.97 Å². The zero-order valence-corrected chi connectivity index (χ0v) is 26.8. The van der Waals surface area contributed by atoms with E-state index in [0.29, 0.717) is 24.7 Å². The van der Waals surface area contributed by atoms with E-state index in [0.717, 1.165) is 55.3 Å². The largest absolute Gasteiger partial charge is 0.497 e. The van der Waals surface area contributed by atoms with Crippen LogP contribution in [-0.4, -0.2) is 78.9 Å². The minimum atomic E-state index is -1.41. The number of nitrogens with zero attached hydrogens (tertiary/aromatic N) is 1. The standard InChI is InChI=1S/C33H41NO7.C2H4O2/c1-5-16-34-17-15-25-18-30-31(40-22-39-30)19-26(25)27(20-34)32(29(6-2)37-4)41-33(36)28(35)14-10-11-23(3)38-21-24-12-8-7-9-13-24;1-2(3)4/h6-9,12-13,18-19,23,27-28,32,35H,5,14-17,20-22H2,1-4H3;1H3,(H,3,4)/b29-6+;/t23?,27?,28-,32?;/m0./s1. The molecule has 0 fully saturated rings. The Morgan fingerprint density at radius 2 is 1.87 bits per heavy atom. The third-order valence-electron chi connectivity index (χ3n) is 7.35. The first-order valence-corrected chi connectivity index (χ1v) is 15.2. The zero-order chi connectivity index (χ0) is 32.8. The van der Waals surface area contributed by atoms with Gasteiger partial charge in [-0.1, -0.05) is 49.1 Å². The Labute approximate surface area is 265 Å². The van der Waals surface area contributed by atoms with Crippen LogP contribution in [0.25, 0.3) is 0 Å². The number of ether oxygens (including phenoxy) is 5. The number of benzene rings is 2. The molecule has 10 heteroatoms. The predicted octanol–water partition coefficient (Wildman–Crippen LogP) is 4.68. The Morgan fingerprint density at radius 1 is 1.18 bits per heavy atom. The highest BCUT2D eigenvalue weighted by atomic mass is 16.7. The zero-order valence-electron chi connectivity index (χ0n) is 26.8. The minimum absolute atomic E-state index is 0.0648. The molecular formula is C35H45NO9. The fourth-order valence-corrected chi connectivity index (χ4v) is 5.25. The lowest BCUT2D eigenvalue weighted by atomic mass is 9.87. The second-order valence-corrected chi connectivity index (χ2v) is 10.8. The molecule has 0 saturated carbocycles. The smallest absolute Gasteiger partial charge is 0.336 e. The van der Waals surface area contributed by atoms with E-state index in [9.17, 15) is 9.90 Å². The molecule has 0 bridgehead atoms. The number of carbonyl (C=O) groups is 2. The van der Waals surface area contributed by atoms with E-state index in [1.165, 1.54) is 0 Å². The van der Waals surface area contributed by atoms with Crippen molar-refractivity contribution in [2.45, 2.75) is 77.8 Å². The molecule has 2 N–H and O–H groups in total. The van der Waals surface area contributed by atoms with E-state index in [2.05, 4.69) is 23.7 Å². The second-order valence-electron chi connectivity index (χ2n) is 10.8. The molecule has 2 aromatic rings. The van der Waals surface area contributed by atoms with Gasteiger partial charge < -0.3 is 38.8 Å². The van der Waals surface area contributed by atoms with Crippen molar-refractivity contribution in [1.82, 2.24) is 4.90 Å². The van der Waals surface area contributed by atoms with E-state index in [1.54, 1.807) is 13.2 Å². The molecule has 2 aliphatic heterocycles. The summed E-state index contributed by atoms with van der Waals surface area (Å²) in [6, 6.07) is 13.9. The Hall–Kier alpha value is -4.04.